The van der Waals surface area contributed by atoms with Crippen LogP contribution in [0.3, 0.4) is 0 Å². The fraction of sp³-hybridized carbons (Fsp3) is 0.667. The van der Waals surface area contributed by atoms with E-state index in [-0.39, 0.29) is 21.6 Å². The van der Waals surface area contributed by atoms with Crippen molar-refractivity contribution in [1.82, 2.24) is 10.6 Å². The predicted molar refractivity (Wildman–Crippen MR) is 111 cm³/mol. The first-order valence-corrected chi connectivity index (χ1v) is 10.7. The molecule has 0 saturated carbocycles. The highest BCUT2D eigenvalue weighted by Gasteiger charge is 2.43. The number of nitrogens with one attached hydrogen (secondary N) is 2. The summed E-state index contributed by atoms with van der Waals surface area (Å²) in [6, 6.07) is 5.83. The molecule has 2 N–H and O–H groups in total. The molecule has 0 amide bonds. The second kappa shape index (κ2) is 6.85. The summed E-state index contributed by atoms with van der Waals surface area (Å²) in [5.41, 5.74) is 2.28. The van der Waals surface area contributed by atoms with E-state index in [1.165, 1.54) is 6.42 Å². The minimum absolute atomic E-state index is 0.0300. The van der Waals surface area contributed by atoms with Gasteiger partial charge in [-0.1, -0.05) is 0 Å². The van der Waals surface area contributed by atoms with Gasteiger partial charge in [0.1, 0.15) is 17.3 Å². The minimum atomic E-state index is -0.370. The van der Waals surface area contributed by atoms with Crippen molar-refractivity contribution in [1.29, 1.82) is 5.26 Å². The van der Waals surface area contributed by atoms with Gasteiger partial charge in [-0.25, -0.2) is 0 Å². The number of hydrogen-bond donors (Lipinski definition) is 2. The molecule has 4 fully saturated rings. The van der Waals surface area contributed by atoms with Crippen molar-refractivity contribution in [3.05, 3.63) is 27.8 Å². The Kier molecular flexibility index (Phi) is 4.41. The van der Waals surface area contributed by atoms with Crippen LogP contribution in [0, 0.1) is 32.3 Å². The molecule has 0 aromatic heterocycles. The molecule has 0 atom stereocenters. The van der Waals surface area contributed by atoms with E-state index in [4.69, 9.17) is 0 Å². The molecule has 8 nitrogen and oxygen atoms in total. The first kappa shape index (κ1) is 18.6. The van der Waals surface area contributed by atoms with Gasteiger partial charge in [0, 0.05) is 68.9 Å². The molecule has 8 heteroatoms. The predicted octanol–water partition coefficient (Wildman–Crippen LogP) is 1.85. The van der Waals surface area contributed by atoms with Crippen LogP contribution < -0.4 is 20.4 Å². The van der Waals surface area contributed by atoms with E-state index in [0.29, 0.717) is 11.1 Å². The van der Waals surface area contributed by atoms with E-state index in [9.17, 15) is 15.4 Å². The zero-order valence-corrected chi connectivity index (χ0v) is 16.7. The largest absolute Gasteiger partial charge is 0.371 e. The van der Waals surface area contributed by atoms with Crippen molar-refractivity contribution >= 4 is 17.1 Å². The number of nitro groups is 1. The molecule has 0 radical (unpaired) electrons. The SMILES string of the molecule is N#Cc1cc(N2CCCC3(CNC3)C2)cc(N2CCCC3(CNC3)C2)c1[N+](=O)[O-]. The fourth-order valence-corrected chi connectivity index (χ4v) is 5.68. The molecule has 4 aliphatic heterocycles. The second-order valence-corrected chi connectivity index (χ2v) is 9.49. The zero-order valence-electron chi connectivity index (χ0n) is 16.7. The third-order valence-electron chi connectivity index (χ3n) is 7.41. The van der Waals surface area contributed by atoms with Gasteiger partial charge in [0.2, 0.25) is 0 Å². The van der Waals surface area contributed by atoms with E-state index in [1.54, 1.807) is 6.07 Å². The molecule has 2 spiro atoms. The van der Waals surface area contributed by atoms with Gasteiger partial charge in [-0.05, 0) is 37.8 Å². The Labute approximate surface area is 171 Å². The van der Waals surface area contributed by atoms with Gasteiger partial charge in [-0.15, -0.1) is 0 Å². The van der Waals surface area contributed by atoms with Crippen molar-refractivity contribution in [3.63, 3.8) is 0 Å². The van der Waals surface area contributed by atoms with Crippen molar-refractivity contribution in [2.75, 3.05) is 62.2 Å². The molecular formula is C21H28N6O2. The van der Waals surface area contributed by atoms with E-state index >= 15 is 0 Å². The van der Waals surface area contributed by atoms with Gasteiger partial charge in [-0.3, -0.25) is 10.1 Å². The van der Waals surface area contributed by atoms with Gasteiger partial charge >= 0.3 is 5.69 Å². The molecular weight excluding hydrogens is 368 g/mol. The Hall–Kier alpha value is -2.37. The van der Waals surface area contributed by atoms with E-state index in [2.05, 4.69) is 26.5 Å². The number of benzene rings is 1. The lowest BCUT2D eigenvalue weighted by Gasteiger charge is -2.50. The normalized spacial score (nSPS) is 24.7. The number of nitriles is 1. The summed E-state index contributed by atoms with van der Waals surface area (Å²) >= 11 is 0. The maximum atomic E-state index is 11.9. The second-order valence-electron chi connectivity index (χ2n) is 9.49. The highest BCUT2D eigenvalue weighted by atomic mass is 16.6. The maximum Gasteiger partial charge on any atom is 0.310 e. The first-order valence-electron chi connectivity index (χ1n) is 10.7. The van der Waals surface area contributed by atoms with Gasteiger partial charge in [-0.2, -0.15) is 5.26 Å². The number of rotatable bonds is 3. The standard InChI is InChI=1S/C21H28N6O2/c22-9-16-7-17(25-5-1-3-20(14-25)10-23-11-20)8-18(19(16)27(28)29)26-6-2-4-21(15-26)12-24-13-21/h7-8,23-24H,1-6,10-15H2. The number of hydrogen-bond acceptors (Lipinski definition) is 7. The van der Waals surface area contributed by atoms with Crippen LogP contribution in [0.25, 0.3) is 0 Å². The Morgan fingerprint density at radius 2 is 1.59 bits per heavy atom. The topological polar surface area (TPSA) is 97.5 Å². The molecule has 0 bridgehead atoms. The highest BCUT2D eigenvalue weighted by molar-refractivity contribution is 5.76. The maximum absolute atomic E-state index is 11.9. The summed E-state index contributed by atoms with van der Waals surface area (Å²) < 4.78 is 0. The Balaban J connectivity index is 1.52. The Morgan fingerprint density at radius 3 is 2.10 bits per heavy atom. The first-order chi connectivity index (χ1) is 14.0. The fourth-order valence-electron chi connectivity index (χ4n) is 5.68. The number of nitro benzene ring substituents is 1. The van der Waals surface area contributed by atoms with Crippen LogP contribution in [-0.4, -0.2) is 57.3 Å². The lowest BCUT2D eigenvalue weighted by Crippen LogP contribution is -2.61. The zero-order chi connectivity index (χ0) is 20.1. The van der Waals surface area contributed by atoms with Crippen LogP contribution >= 0.6 is 0 Å². The average Bonchev–Trinajstić information content (AvgIpc) is 2.70. The number of anilines is 2. The monoisotopic (exact) mass is 396 g/mol. The lowest BCUT2D eigenvalue weighted by atomic mass is 9.74. The van der Waals surface area contributed by atoms with E-state index in [1.807, 2.05) is 6.07 Å². The molecule has 5 rings (SSSR count). The summed E-state index contributed by atoms with van der Waals surface area (Å²) in [5, 5.41) is 28.4. The molecule has 1 aromatic carbocycles. The van der Waals surface area contributed by atoms with E-state index in [0.717, 1.165) is 77.3 Å². The van der Waals surface area contributed by atoms with Crippen LogP contribution in [0.5, 0.6) is 0 Å². The van der Waals surface area contributed by atoms with Crippen LogP contribution in [0.2, 0.25) is 0 Å². The molecule has 4 aliphatic rings. The molecule has 29 heavy (non-hydrogen) atoms. The van der Waals surface area contributed by atoms with Crippen molar-refractivity contribution in [2.24, 2.45) is 10.8 Å². The smallest absolute Gasteiger partial charge is 0.310 e. The van der Waals surface area contributed by atoms with Crippen LogP contribution in [0.1, 0.15) is 31.2 Å². The Bertz CT molecular complexity index is 871. The minimum Gasteiger partial charge on any atom is -0.371 e. The third-order valence-corrected chi connectivity index (χ3v) is 7.41. The van der Waals surface area contributed by atoms with Crippen molar-refractivity contribution < 1.29 is 4.92 Å². The lowest BCUT2D eigenvalue weighted by molar-refractivity contribution is -0.384. The Morgan fingerprint density at radius 1 is 1.00 bits per heavy atom. The van der Waals surface area contributed by atoms with Crippen LogP contribution in [0.4, 0.5) is 17.1 Å². The molecule has 154 valence electrons. The van der Waals surface area contributed by atoms with Gasteiger partial charge in [0.05, 0.1) is 4.92 Å². The summed E-state index contributed by atoms with van der Waals surface area (Å²) in [4.78, 5) is 16.1. The number of nitrogens with zero attached hydrogens (tertiary/aromatic N) is 4. The third kappa shape index (κ3) is 3.13. The summed E-state index contributed by atoms with van der Waals surface area (Å²) in [6.45, 7) is 7.56. The summed E-state index contributed by atoms with van der Waals surface area (Å²) in [5.74, 6) is 0. The van der Waals surface area contributed by atoms with E-state index < -0.39 is 0 Å². The molecule has 0 aliphatic carbocycles. The average molecular weight is 396 g/mol. The van der Waals surface area contributed by atoms with Crippen molar-refractivity contribution in [3.8, 4) is 6.07 Å². The van der Waals surface area contributed by atoms with Gasteiger partial charge in [0.15, 0.2) is 0 Å². The van der Waals surface area contributed by atoms with Crippen LogP contribution in [0.15, 0.2) is 12.1 Å². The molecule has 0 unspecified atom stereocenters. The summed E-state index contributed by atoms with van der Waals surface area (Å²) in [6.07, 6.45) is 4.54. The summed E-state index contributed by atoms with van der Waals surface area (Å²) in [7, 11) is 0. The van der Waals surface area contributed by atoms with Gasteiger partial charge in [0.25, 0.3) is 0 Å². The quantitative estimate of drug-likeness (QED) is 0.594. The van der Waals surface area contributed by atoms with Crippen molar-refractivity contribution in [2.45, 2.75) is 25.7 Å². The molecule has 4 saturated heterocycles. The van der Waals surface area contributed by atoms with Crippen LogP contribution in [-0.2, 0) is 0 Å². The molecule has 4 heterocycles. The number of piperidine rings is 2. The molecule has 1 aromatic rings. The highest BCUT2D eigenvalue weighted by Crippen LogP contribution is 2.43. The van der Waals surface area contributed by atoms with Gasteiger partial charge < -0.3 is 20.4 Å².